The van der Waals surface area contributed by atoms with Gasteiger partial charge in [-0.15, -0.1) is 0 Å². The van der Waals surface area contributed by atoms with E-state index in [1.807, 2.05) is 13.0 Å². The number of rotatable bonds is 4. The Hall–Kier alpha value is -1.55. The summed E-state index contributed by atoms with van der Waals surface area (Å²) in [6.45, 7) is 5.12. The molecule has 1 atom stereocenters. The summed E-state index contributed by atoms with van der Waals surface area (Å²) in [5.74, 6) is 0.355. The van der Waals surface area contributed by atoms with Crippen molar-refractivity contribution in [1.29, 1.82) is 0 Å². The molecule has 4 heteroatoms. The van der Waals surface area contributed by atoms with Crippen LogP contribution in [0.3, 0.4) is 0 Å². The monoisotopic (exact) mass is 275 g/mol. The average molecular weight is 275 g/mol. The van der Waals surface area contributed by atoms with E-state index in [1.165, 1.54) is 11.1 Å². The van der Waals surface area contributed by atoms with Crippen molar-refractivity contribution in [3.8, 4) is 5.75 Å². The standard InChI is InChI=1S/C16H21NO3/c1-2-16(15(18)19)6-7-17(11-16)10-12-3-4-14-13(9-12)5-8-20-14/h3-4,9H,2,5-8,10-11H2,1H3,(H,18,19). The number of ether oxygens (including phenoxy) is 1. The number of fused-ring (bicyclic) bond motifs is 1. The molecule has 1 aromatic carbocycles. The zero-order chi connectivity index (χ0) is 14.2. The highest BCUT2D eigenvalue weighted by Gasteiger charge is 2.43. The quantitative estimate of drug-likeness (QED) is 0.916. The third-order valence-electron chi connectivity index (χ3n) is 4.72. The van der Waals surface area contributed by atoms with Gasteiger partial charge in [-0.25, -0.2) is 0 Å². The molecule has 0 radical (unpaired) electrons. The lowest BCUT2D eigenvalue weighted by molar-refractivity contribution is -0.148. The normalized spacial score (nSPS) is 25.4. The second-order valence-corrected chi connectivity index (χ2v) is 5.94. The molecule has 2 aliphatic rings. The van der Waals surface area contributed by atoms with E-state index in [4.69, 9.17) is 4.74 Å². The largest absolute Gasteiger partial charge is 0.493 e. The van der Waals surface area contributed by atoms with Crippen molar-refractivity contribution in [2.24, 2.45) is 5.41 Å². The molecule has 0 bridgehead atoms. The van der Waals surface area contributed by atoms with Gasteiger partial charge in [0.05, 0.1) is 12.0 Å². The number of nitrogens with zero attached hydrogens (tertiary/aromatic N) is 1. The molecule has 0 aromatic heterocycles. The Bertz CT molecular complexity index is 528. The van der Waals surface area contributed by atoms with E-state index < -0.39 is 11.4 Å². The van der Waals surface area contributed by atoms with Crippen LogP contribution in [0.4, 0.5) is 0 Å². The van der Waals surface area contributed by atoms with Gasteiger partial charge < -0.3 is 9.84 Å². The van der Waals surface area contributed by atoms with Crippen LogP contribution in [0.25, 0.3) is 0 Å². The van der Waals surface area contributed by atoms with Crippen LogP contribution in [0.1, 0.15) is 30.9 Å². The van der Waals surface area contributed by atoms with E-state index in [0.717, 1.165) is 38.3 Å². The molecule has 0 aliphatic carbocycles. The molecule has 1 fully saturated rings. The van der Waals surface area contributed by atoms with Crippen LogP contribution in [0.5, 0.6) is 5.75 Å². The topological polar surface area (TPSA) is 49.8 Å². The van der Waals surface area contributed by atoms with Gasteiger partial charge in [-0.2, -0.15) is 0 Å². The van der Waals surface area contributed by atoms with Crippen LogP contribution in [0.15, 0.2) is 18.2 Å². The fourth-order valence-electron chi connectivity index (χ4n) is 3.30. The molecule has 2 heterocycles. The average Bonchev–Trinajstić information content (AvgIpc) is 3.05. The Balaban J connectivity index is 1.69. The lowest BCUT2D eigenvalue weighted by atomic mass is 9.84. The van der Waals surface area contributed by atoms with Crippen molar-refractivity contribution in [2.75, 3.05) is 19.7 Å². The second kappa shape index (κ2) is 5.09. The van der Waals surface area contributed by atoms with Crippen LogP contribution in [0.2, 0.25) is 0 Å². The van der Waals surface area contributed by atoms with Crippen molar-refractivity contribution in [3.05, 3.63) is 29.3 Å². The maximum atomic E-state index is 11.5. The summed E-state index contributed by atoms with van der Waals surface area (Å²) in [4.78, 5) is 13.7. The fourth-order valence-corrected chi connectivity index (χ4v) is 3.30. The van der Waals surface area contributed by atoms with E-state index in [1.54, 1.807) is 0 Å². The summed E-state index contributed by atoms with van der Waals surface area (Å²) in [6, 6.07) is 6.34. The minimum atomic E-state index is -0.648. The van der Waals surface area contributed by atoms with Gasteiger partial charge in [0.15, 0.2) is 0 Å². The number of carboxylic acid groups (broad SMARTS) is 1. The molecule has 0 amide bonds. The Kier molecular flexibility index (Phi) is 3.42. The van der Waals surface area contributed by atoms with Crippen molar-refractivity contribution >= 4 is 5.97 Å². The number of hydrogen-bond acceptors (Lipinski definition) is 3. The summed E-state index contributed by atoms with van der Waals surface area (Å²) in [5, 5.41) is 9.43. The van der Waals surface area contributed by atoms with Crippen molar-refractivity contribution in [2.45, 2.75) is 32.7 Å². The Morgan fingerprint density at radius 3 is 3.05 bits per heavy atom. The molecular formula is C16H21NO3. The zero-order valence-electron chi connectivity index (χ0n) is 11.9. The van der Waals surface area contributed by atoms with Gasteiger partial charge in [0, 0.05) is 19.5 Å². The maximum Gasteiger partial charge on any atom is 0.310 e. The Morgan fingerprint density at radius 1 is 1.50 bits per heavy atom. The smallest absolute Gasteiger partial charge is 0.310 e. The predicted molar refractivity (Wildman–Crippen MR) is 75.9 cm³/mol. The van der Waals surface area contributed by atoms with Crippen LogP contribution in [-0.4, -0.2) is 35.7 Å². The summed E-state index contributed by atoms with van der Waals surface area (Å²) in [6.07, 6.45) is 2.45. The van der Waals surface area contributed by atoms with Gasteiger partial charge in [0.2, 0.25) is 0 Å². The third kappa shape index (κ3) is 2.29. The number of benzene rings is 1. The van der Waals surface area contributed by atoms with E-state index >= 15 is 0 Å². The molecular weight excluding hydrogens is 254 g/mol. The van der Waals surface area contributed by atoms with E-state index in [2.05, 4.69) is 17.0 Å². The molecule has 3 rings (SSSR count). The summed E-state index contributed by atoms with van der Waals surface area (Å²) >= 11 is 0. The molecule has 1 unspecified atom stereocenters. The van der Waals surface area contributed by atoms with E-state index in [9.17, 15) is 9.90 Å². The number of likely N-dealkylation sites (tertiary alicyclic amines) is 1. The summed E-state index contributed by atoms with van der Waals surface area (Å²) in [7, 11) is 0. The first kappa shape index (κ1) is 13.4. The molecule has 20 heavy (non-hydrogen) atoms. The highest BCUT2D eigenvalue weighted by atomic mass is 16.5. The van der Waals surface area contributed by atoms with Gasteiger partial charge in [-0.3, -0.25) is 9.69 Å². The molecule has 4 nitrogen and oxygen atoms in total. The van der Waals surface area contributed by atoms with E-state index in [-0.39, 0.29) is 0 Å². The highest BCUT2D eigenvalue weighted by Crippen LogP contribution is 2.35. The molecule has 2 aliphatic heterocycles. The first-order chi connectivity index (χ1) is 9.63. The maximum absolute atomic E-state index is 11.5. The molecule has 108 valence electrons. The van der Waals surface area contributed by atoms with Gasteiger partial charge >= 0.3 is 5.97 Å². The fraction of sp³-hybridized carbons (Fsp3) is 0.562. The summed E-state index contributed by atoms with van der Waals surface area (Å²) < 4.78 is 5.51. The van der Waals surface area contributed by atoms with Crippen LogP contribution >= 0.6 is 0 Å². The van der Waals surface area contributed by atoms with Gasteiger partial charge in [-0.1, -0.05) is 19.1 Å². The van der Waals surface area contributed by atoms with Crippen molar-refractivity contribution < 1.29 is 14.6 Å². The molecule has 1 aromatic rings. The number of aliphatic carboxylic acids is 1. The number of carboxylic acids is 1. The summed E-state index contributed by atoms with van der Waals surface area (Å²) in [5.41, 5.74) is 1.99. The first-order valence-corrected chi connectivity index (χ1v) is 7.33. The van der Waals surface area contributed by atoms with Crippen LogP contribution in [0, 0.1) is 5.41 Å². The zero-order valence-corrected chi connectivity index (χ0v) is 11.9. The van der Waals surface area contributed by atoms with Gasteiger partial charge in [0.1, 0.15) is 5.75 Å². The molecule has 1 N–H and O–H groups in total. The van der Waals surface area contributed by atoms with Gasteiger partial charge in [-0.05, 0) is 36.6 Å². The van der Waals surface area contributed by atoms with Gasteiger partial charge in [0.25, 0.3) is 0 Å². The first-order valence-electron chi connectivity index (χ1n) is 7.33. The molecule has 0 saturated carbocycles. The SMILES string of the molecule is CCC1(C(=O)O)CCN(Cc2ccc3c(c2)CCO3)C1. The Morgan fingerprint density at radius 2 is 2.35 bits per heavy atom. The lowest BCUT2D eigenvalue weighted by Crippen LogP contribution is -2.33. The Labute approximate surface area is 119 Å². The highest BCUT2D eigenvalue weighted by molar-refractivity contribution is 5.75. The second-order valence-electron chi connectivity index (χ2n) is 5.94. The minimum Gasteiger partial charge on any atom is -0.493 e. The van der Waals surface area contributed by atoms with Crippen LogP contribution < -0.4 is 4.74 Å². The van der Waals surface area contributed by atoms with Crippen LogP contribution in [-0.2, 0) is 17.8 Å². The van der Waals surface area contributed by atoms with Crippen molar-refractivity contribution in [3.63, 3.8) is 0 Å². The predicted octanol–water partition coefficient (Wildman–Crippen LogP) is 2.31. The number of hydrogen-bond donors (Lipinski definition) is 1. The third-order valence-corrected chi connectivity index (χ3v) is 4.72. The minimum absolute atomic E-state index is 0.542. The number of carbonyl (C=O) groups is 1. The van der Waals surface area contributed by atoms with Crippen molar-refractivity contribution in [1.82, 2.24) is 4.90 Å². The lowest BCUT2D eigenvalue weighted by Gasteiger charge is -2.23. The molecule has 1 saturated heterocycles. The molecule has 0 spiro atoms. The van der Waals surface area contributed by atoms with E-state index in [0.29, 0.717) is 13.0 Å².